The predicted molar refractivity (Wildman–Crippen MR) is 400 cm³/mol. The van der Waals surface area contributed by atoms with E-state index < -0.39 is 204 Å². The maximum Gasteiger partial charge on any atom is 0.394 e. The largest absolute Gasteiger partial charge is 0.394 e. The van der Waals surface area contributed by atoms with E-state index in [4.69, 9.17) is 9.47 Å². The Bertz CT molecular complexity index is 3300. The number of carbonyl (C=O) groups is 12. The van der Waals surface area contributed by atoms with E-state index in [2.05, 4.69) is 16.0 Å². The first kappa shape index (κ1) is 90.1. The molecule has 0 aromatic rings. The zero-order valence-corrected chi connectivity index (χ0v) is 68.2. The number of hydrogen-bond acceptors (Lipinski definition) is 14. The molecule has 7 rings (SSSR count). The number of nitrogens with one attached hydrogen (secondary N) is 3. The minimum atomic E-state index is -4.55. The summed E-state index contributed by atoms with van der Waals surface area (Å²) in [5, 5.41) is 8.80. The quantitative estimate of drug-likeness (QED) is 0.112. The Balaban J connectivity index is 1.34. The molecule has 0 aromatic heterocycles. The highest BCUT2D eigenvalue weighted by atomic mass is 19.4. The average Bonchev–Trinajstić information content (AvgIpc) is 0.893. The van der Waals surface area contributed by atoms with Gasteiger partial charge in [0.1, 0.15) is 53.9 Å². The number of halogens is 5. The summed E-state index contributed by atoms with van der Waals surface area (Å²) in [5.74, 6) is -16.2. The molecule has 3 N–H and O–H groups in total. The van der Waals surface area contributed by atoms with Crippen LogP contribution in [0.2, 0.25) is 0 Å². The van der Waals surface area contributed by atoms with Crippen LogP contribution in [0, 0.1) is 46.8 Å². The van der Waals surface area contributed by atoms with Gasteiger partial charge in [-0.3, -0.25) is 57.5 Å². The van der Waals surface area contributed by atoms with Crippen LogP contribution < -0.4 is 16.0 Å². The van der Waals surface area contributed by atoms with E-state index in [-0.39, 0.29) is 134 Å². The third-order valence-corrected chi connectivity index (χ3v) is 24.9. The standard InChI is InChI=1S/C79H127F5N12O14/c1-18-48(5)65-73(106)90(12)44-64(99)91(13)56-27-21-20-24-36-95(72(56)105)60(38-49-28-32-52(33-29-49)77(8,80)81)71(104)89(11)43-62(97)85-55(35-31-50-30-34-54(79(82,83)84)61(39-50)109-17)69(102)96-42-53(110-19-2)40-58(96)68(101)87-78(45-76(6,7)46-78)75(108)94(16)66(51-25-22-23-26-51)74(107)93(15)59(70(103)88(9)10)41-63(98)92(14)57(37-47(3)4)67(100)86-65/h20-21,47-61,65-66H,18-19,22-46H2,1-17H3,(H,85,97)(H,86,100)(H,87,101)/b21-20-/t48-,49?,50?,52?,53+,54?,55-,56-,57-,58-,59-,60-,61?,65-,66-/m0/s1. The van der Waals surface area contributed by atoms with Crippen molar-refractivity contribution in [1.29, 1.82) is 0 Å². The smallest absolute Gasteiger partial charge is 0.381 e. The molecule has 6 fully saturated rings. The van der Waals surface area contributed by atoms with Crippen molar-refractivity contribution >= 4 is 70.9 Å². The van der Waals surface area contributed by atoms with Crippen molar-refractivity contribution in [1.82, 2.24) is 60.0 Å². The molecule has 110 heavy (non-hydrogen) atoms. The highest BCUT2D eigenvalue weighted by Gasteiger charge is 2.60. The van der Waals surface area contributed by atoms with Gasteiger partial charge in [0, 0.05) is 95.5 Å². The van der Waals surface area contributed by atoms with Crippen LogP contribution in [0.1, 0.15) is 197 Å². The summed E-state index contributed by atoms with van der Waals surface area (Å²) in [6.07, 6.45) is 0.0405. The SMILES string of the molecule is CCO[C@@H]1C[C@H]2C(=O)NC3(CC(C)(C)C3)C(=O)N(C)[C@@H](C3CCCC3)C(=O)N(C)[C@H](C(=O)N(C)C)CC(=O)N(C)[C@@H](CC(C)C)C(=O)N[C@@H]([C@@H](C)CC)C(=O)N(C)CC(=O)N(C)[C@H]3C/C=C\CCN(C3=O)[C@@H](CC3CCC(C(C)(F)F)CC3)C(=O)N(C)CC(=O)N[C@@H](CCC3CCC(C(F)(F)F)C(OC)C3)C(=O)N2C1. The molecule has 7 aliphatic rings. The number of fused-ring (bicyclic) bond motifs is 3. The lowest BCUT2D eigenvalue weighted by Gasteiger charge is -2.54. The van der Waals surface area contributed by atoms with Crippen LogP contribution in [-0.2, 0) is 67.0 Å². The van der Waals surface area contributed by atoms with E-state index in [9.17, 15) is 45.9 Å². The van der Waals surface area contributed by atoms with Gasteiger partial charge in [-0.1, -0.05) is 73.0 Å². The van der Waals surface area contributed by atoms with Crippen molar-refractivity contribution in [3.05, 3.63) is 12.2 Å². The highest BCUT2D eigenvalue weighted by Crippen LogP contribution is 2.50. The Morgan fingerprint density at radius 1 is 0.673 bits per heavy atom. The van der Waals surface area contributed by atoms with E-state index >= 15 is 33.6 Å². The summed E-state index contributed by atoms with van der Waals surface area (Å²) in [5.41, 5.74) is -2.24. The summed E-state index contributed by atoms with van der Waals surface area (Å²) < 4.78 is 84.3. The van der Waals surface area contributed by atoms with Crippen LogP contribution in [0.15, 0.2) is 12.2 Å². The van der Waals surface area contributed by atoms with Crippen molar-refractivity contribution in [3.8, 4) is 0 Å². The van der Waals surface area contributed by atoms with Crippen molar-refractivity contribution in [3.63, 3.8) is 0 Å². The summed E-state index contributed by atoms with van der Waals surface area (Å²) in [6.45, 7) is 12.2. The third-order valence-electron chi connectivity index (χ3n) is 24.9. The number of ether oxygens (including phenoxy) is 2. The molecular weight excluding hydrogens is 1440 g/mol. The molecule has 1 spiro atoms. The Labute approximate surface area is 647 Å². The molecule has 12 amide bonds. The number of carbonyl (C=O) groups excluding carboxylic acids is 12. The van der Waals surface area contributed by atoms with Gasteiger partial charge in [-0.25, -0.2) is 8.78 Å². The zero-order valence-electron chi connectivity index (χ0n) is 68.2. The predicted octanol–water partition coefficient (Wildman–Crippen LogP) is 6.81. The number of amides is 12. The normalized spacial score (nSPS) is 31.4. The lowest BCUT2D eigenvalue weighted by atomic mass is 9.58. The maximum absolute atomic E-state index is 15.8. The van der Waals surface area contributed by atoms with Crippen LogP contribution in [0.5, 0.6) is 0 Å². The molecule has 4 aliphatic carbocycles. The van der Waals surface area contributed by atoms with Crippen LogP contribution in [0.25, 0.3) is 0 Å². The van der Waals surface area contributed by atoms with Gasteiger partial charge in [0.2, 0.25) is 76.8 Å². The summed E-state index contributed by atoms with van der Waals surface area (Å²) in [6, 6.07) is -10.7. The molecule has 3 heterocycles. The van der Waals surface area contributed by atoms with Crippen molar-refractivity contribution in [2.75, 3.05) is 96.3 Å². The van der Waals surface area contributed by atoms with Crippen LogP contribution in [-0.4, -0.2) is 289 Å². The minimum absolute atomic E-state index is 0.0258. The van der Waals surface area contributed by atoms with E-state index in [1.54, 1.807) is 26.0 Å². The number of nitrogens with zero attached hydrogens (tertiary/aromatic N) is 9. The van der Waals surface area contributed by atoms with Gasteiger partial charge in [0.25, 0.3) is 0 Å². The molecule has 3 aliphatic heterocycles. The number of methoxy groups -OCH3 is 1. The second-order valence-electron chi connectivity index (χ2n) is 34.4. The van der Waals surface area contributed by atoms with Gasteiger partial charge in [0.15, 0.2) is 0 Å². The maximum atomic E-state index is 15.8. The summed E-state index contributed by atoms with van der Waals surface area (Å²) in [7, 11) is 12.5. The van der Waals surface area contributed by atoms with Gasteiger partial charge in [-0.15, -0.1) is 0 Å². The summed E-state index contributed by atoms with van der Waals surface area (Å²) >= 11 is 0. The van der Waals surface area contributed by atoms with Gasteiger partial charge in [-0.2, -0.15) is 13.2 Å². The van der Waals surface area contributed by atoms with Crippen molar-refractivity contribution < 1.29 is 89.0 Å². The van der Waals surface area contributed by atoms with Gasteiger partial charge in [0.05, 0.1) is 37.6 Å². The molecule has 31 heteroatoms. The Kier molecular flexibility index (Phi) is 31.3. The number of hydrogen-bond donors (Lipinski definition) is 3. The van der Waals surface area contributed by atoms with E-state index in [1.807, 2.05) is 34.6 Å². The first-order valence-electron chi connectivity index (χ1n) is 39.9. The Hall–Kier alpha value is -7.05. The lowest BCUT2D eigenvalue weighted by molar-refractivity contribution is -0.215. The second-order valence-corrected chi connectivity index (χ2v) is 34.4. The van der Waals surface area contributed by atoms with Gasteiger partial charge in [-0.05, 0) is 158 Å². The molecule has 13 atom stereocenters. The fraction of sp³-hybridized carbons (Fsp3) is 0.823. The van der Waals surface area contributed by atoms with E-state index in [0.29, 0.717) is 32.1 Å². The fourth-order valence-corrected chi connectivity index (χ4v) is 18.3. The third kappa shape index (κ3) is 22.0. The monoisotopic (exact) mass is 1560 g/mol. The topological polar surface area (TPSA) is 289 Å². The minimum Gasteiger partial charge on any atom is -0.381 e. The van der Waals surface area contributed by atoms with Crippen LogP contribution >= 0.6 is 0 Å². The van der Waals surface area contributed by atoms with Crippen LogP contribution in [0.3, 0.4) is 0 Å². The average molecular weight is 1560 g/mol. The Morgan fingerprint density at radius 3 is 1.87 bits per heavy atom. The molecular formula is C79H127F5N12O14. The molecule has 4 saturated carbocycles. The highest BCUT2D eigenvalue weighted by molar-refractivity contribution is 6.01. The second kappa shape index (κ2) is 38.2. The van der Waals surface area contributed by atoms with Crippen LogP contribution in [0.4, 0.5) is 22.0 Å². The first-order valence-corrected chi connectivity index (χ1v) is 39.9. The van der Waals surface area contributed by atoms with E-state index in [1.165, 1.54) is 97.8 Å². The molecule has 2 bridgehead atoms. The number of alkyl halides is 5. The lowest BCUT2D eigenvalue weighted by Crippen LogP contribution is -2.71. The molecule has 2 saturated heterocycles. The molecule has 26 nitrogen and oxygen atoms in total. The van der Waals surface area contributed by atoms with E-state index in [0.717, 1.165) is 16.7 Å². The zero-order chi connectivity index (χ0) is 82.0. The van der Waals surface area contributed by atoms with Gasteiger partial charge < -0.3 is 69.5 Å². The fourth-order valence-electron chi connectivity index (χ4n) is 18.3. The first-order chi connectivity index (χ1) is 51.4. The molecule has 0 aromatic carbocycles. The van der Waals surface area contributed by atoms with Gasteiger partial charge >= 0.3 is 6.18 Å². The molecule has 0 radical (unpaired) electrons. The Morgan fingerprint density at radius 2 is 1.30 bits per heavy atom. The summed E-state index contributed by atoms with van der Waals surface area (Å²) in [4.78, 5) is 194. The number of likely N-dealkylation sites (N-methyl/N-ethyl adjacent to an activating group) is 7. The molecule has 622 valence electrons. The number of rotatable bonds is 15. The molecule has 3 unspecified atom stereocenters. The van der Waals surface area contributed by atoms with Crippen molar-refractivity contribution in [2.24, 2.45) is 46.8 Å². The van der Waals surface area contributed by atoms with Crippen molar-refractivity contribution in [2.45, 2.75) is 275 Å².